The normalized spacial score (nSPS) is 12.8. The smallest absolute Gasteiger partial charge is 0.334 e. The van der Waals surface area contributed by atoms with Crippen LogP contribution < -0.4 is 11.1 Å². The molecule has 0 heterocycles. The Balaban J connectivity index is 2.09. The van der Waals surface area contributed by atoms with Crippen molar-refractivity contribution in [3.05, 3.63) is 60.2 Å². The number of nitrogens with two attached hydrogens (primary N) is 1. The molecule has 0 fully saturated rings. The first-order valence-corrected chi connectivity index (χ1v) is 10.1. The zero-order valence-corrected chi connectivity index (χ0v) is 17.7. The van der Waals surface area contributed by atoms with Crippen LogP contribution in [0.15, 0.2) is 54.6 Å². The molecule has 0 saturated heterocycles. The van der Waals surface area contributed by atoms with E-state index in [9.17, 15) is 19.5 Å². The van der Waals surface area contributed by atoms with E-state index in [1.807, 2.05) is 68.4 Å². The van der Waals surface area contributed by atoms with E-state index in [0.717, 1.165) is 16.7 Å². The number of aliphatic hydroxyl groups excluding tert-OH is 1. The van der Waals surface area contributed by atoms with Crippen molar-refractivity contribution in [2.24, 2.45) is 11.7 Å². The summed E-state index contributed by atoms with van der Waals surface area (Å²) in [6.45, 7) is 3.53. The lowest BCUT2D eigenvalue weighted by Gasteiger charge is -2.28. The lowest BCUT2D eigenvalue weighted by molar-refractivity contribution is -0.147. The maximum absolute atomic E-state index is 12.7. The summed E-state index contributed by atoms with van der Waals surface area (Å²) < 4.78 is 0. The number of hydrogen-bond acceptors (Lipinski definition) is 4. The zero-order chi connectivity index (χ0) is 23.0. The summed E-state index contributed by atoms with van der Waals surface area (Å²) in [7, 11) is 0. The first-order chi connectivity index (χ1) is 14.7. The highest BCUT2D eigenvalue weighted by molar-refractivity contribution is 5.86. The molecule has 0 saturated carbocycles. The molecule has 0 aromatic heterocycles. The quantitative estimate of drug-likeness (QED) is 0.459. The van der Waals surface area contributed by atoms with E-state index < -0.39 is 36.6 Å². The summed E-state index contributed by atoms with van der Waals surface area (Å²) in [4.78, 5) is 36.8. The summed E-state index contributed by atoms with van der Waals surface area (Å²) in [5, 5.41) is 21.1. The number of carbonyl (C=O) groups is 3. The van der Waals surface area contributed by atoms with Crippen LogP contribution in [0.1, 0.15) is 19.4 Å². The van der Waals surface area contributed by atoms with Crippen molar-refractivity contribution in [1.82, 2.24) is 10.2 Å². The third-order valence-corrected chi connectivity index (χ3v) is 4.69. The van der Waals surface area contributed by atoms with Crippen LogP contribution in [0.5, 0.6) is 0 Å². The maximum atomic E-state index is 12.7. The van der Waals surface area contributed by atoms with Crippen molar-refractivity contribution in [3.63, 3.8) is 0 Å². The molecule has 0 spiro atoms. The van der Waals surface area contributed by atoms with Crippen molar-refractivity contribution in [2.45, 2.75) is 32.4 Å². The molecular formula is C23H29N3O5. The molecule has 0 aliphatic heterocycles. The van der Waals surface area contributed by atoms with Crippen LogP contribution in [0, 0.1) is 5.92 Å². The number of carboxylic acid groups (broad SMARTS) is 1. The van der Waals surface area contributed by atoms with Crippen LogP contribution in [-0.4, -0.2) is 58.3 Å². The van der Waals surface area contributed by atoms with Crippen LogP contribution in [0.4, 0.5) is 4.79 Å². The molecule has 3 amide bonds. The van der Waals surface area contributed by atoms with Crippen LogP contribution >= 0.6 is 0 Å². The van der Waals surface area contributed by atoms with Crippen molar-refractivity contribution in [2.75, 3.05) is 13.1 Å². The van der Waals surface area contributed by atoms with Gasteiger partial charge in [0.1, 0.15) is 6.04 Å². The number of urea groups is 1. The lowest BCUT2D eigenvalue weighted by Crippen LogP contribution is -2.53. The van der Waals surface area contributed by atoms with Crippen molar-refractivity contribution in [1.29, 1.82) is 0 Å². The average molecular weight is 428 g/mol. The fourth-order valence-electron chi connectivity index (χ4n) is 3.13. The van der Waals surface area contributed by atoms with Crippen LogP contribution in [0.2, 0.25) is 0 Å². The first kappa shape index (κ1) is 23.9. The number of nitrogens with zero attached hydrogens (tertiary/aromatic N) is 1. The molecule has 166 valence electrons. The molecule has 0 aliphatic carbocycles. The second kappa shape index (κ2) is 11.1. The third-order valence-electron chi connectivity index (χ3n) is 4.69. The van der Waals surface area contributed by atoms with E-state index in [1.54, 1.807) is 0 Å². The zero-order valence-electron chi connectivity index (χ0n) is 17.7. The SMILES string of the molecule is CC(C)CN(C[C@H](O)C(=O)O)C(=O)N[C@@H](Cc1ccc(-c2ccccc2)cc1)C(N)=O. The molecule has 0 radical (unpaired) electrons. The first-order valence-electron chi connectivity index (χ1n) is 10.1. The molecule has 2 aromatic carbocycles. The Morgan fingerprint density at radius 3 is 2.06 bits per heavy atom. The number of primary amides is 1. The largest absolute Gasteiger partial charge is 0.479 e. The Morgan fingerprint density at radius 1 is 0.968 bits per heavy atom. The summed E-state index contributed by atoms with van der Waals surface area (Å²) in [6.07, 6.45) is -1.53. The van der Waals surface area contributed by atoms with Crippen LogP contribution in [0.25, 0.3) is 11.1 Å². The summed E-state index contributed by atoms with van der Waals surface area (Å²) in [5.74, 6) is -2.10. The highest BCUT2D eigenvalue weighted by atomic mass is 16.4. The molecule has 0 unspecified atom stereocenters. The standard InChI is InChI=1S/C23H29N3O5/c1-15(2)13-26(14-20(27)22(29)30)23(31)25-19(21(24)28)12-16-8-10-18(11-9-16)17-6-4-3-5-7-17/h3-11,15,19-20,27H,12-14H2,1-2H3,(H2,24,28)(H,25,31)(H,29,30)/t19-,20-/m0/s1. The Labute approximate surface area is 181 Å². The molecule has 2 atom stereocenters. The number of aliphatic hydroxyl groups is 1. The number of hydrogen-bond donors (Lipinski definition) is 4. The highest BCUT2D eigenvalue weighted by Crippen LogP contribution is 2.19. The Morgan fingerprint density at radius 2 is 1.55 bits per heavy atom. The summed E-state index contributed by atoms with van der Waals surface area (Å²) >= 11 is 0. The van der Waals surface area contributed by atoms with Gasteiger partial charge < -0.3 is 26.2 Å². The fourth-order valence-corrected chi connectivity index (χ4v) is 3.13. The summed E-state index contributed by atoms with van der Waals surface area (Å²) in [6, 6.07) is 15.8. The van der Waals surface area contributed by atoms with Crippen molar-refractivity contribution in [3.8, 4) is 11.1 Å². The van der Waals surface area contributed by atoms with Crippen molar-refractivity contribution >= 4 is 17.9 Å². The fraction of sp³-hybridized carbons (Fsp3) is 0.348. The minimum absolute atomic E-state index is 0.0318. The molecule has 8 heteroatoms. The minimum Gasteiger partial charge on any atom is -0.479 e. The molecule has 5 N–H and O–H groups in total. The van der Waals surface area contributed by atoms with Gasteiger partial charge in [-0.2, -0.15) is 0 Å². The van der Waals surface area contributed by atoms with E-state index in [-0.39, 0.29) is 18.9 Å². The monoisotopic (exact) mass is 427 g/mol. The lowest BCUT2D eigenvalue weighted by atomic mass is 10.0. The molecule has 0 bridgehead atoms. The van der Waals surface area contributed by atoms with E-state index in [2.05, 4.69) is 5.32 Å². The van der Waals surface area contributed by atoms with Gasteiger partial charge in [-0.1, -0.05) is 68.4 Å². The van der Waals surface area contributed by atoms with Crippen molar-refractivity contribution < 1.29 is 24.6 Å². The van der Waals surface area contributed by atoms with Gasteiger partial charge in [-0.3, -0.25) is 4.79 Å². The topological polar surface area (TPSA) is 133 Å². The maximum Gasteiger partial charge on any atom is 0.334 e. The Kier molecular flexibility index (Phi) is 8.57. The molecule has 0 aliphatic rings. The van der Waals surface area contributed by atoms with Gasteiger partial charge in [0.05, 0.1) is 6.54 Å². The van der Waals surface area contributed by atoms with Crippen LogP contribution in [0.3, 0.4) is 0 Å². The van der Waals surface area contributed by atoms with Gasteiger partial charge >= 0.3 is 12.0 Å². The number of aliphatic carboxylic acids is 1. The molecule has 8 nitrogen and oxygen atoms in total. The van der Waals surface area contributed by atoms with E-state index >= 15 is 0 Å². The molecule has 31 heavy (non-hydrogen) atoms. The predicted molar refractivity (Wildman–Crippen MR) is 117 cm³/mol. The number of amides is 3. The van der Waals surface area contributed by atoms with Gasteiger partial charge in [-0.25, -0.2) is 9.59 Å². The van der Waals surface area contributed by atoms with E-state index in [0.29, 0.717) is 0 Å². The Hall–Kier alpha value is -3.39. The molecule has 2 aromatic rings. The van der Waals surface area contributed by atoms with E-state index in [4.69, 9.17) is 10.8 Å². The van der Waals surface area contributed by atoms with Gasteiger partial charge in [0.15, 0.2) is 6.10 Å². The third kappa shape index (κ3) is 7.42. The predicted octanol–water partition coefficient (Wildman–Crippen LogP) is 1.86. The Bertz CT molecular complexity index is 884. The highest BCUT2D eigenvalue weighted by Gasteiger charge is 2.26. The van der Waals surface area contributed by atoms with Gasteiger partial charge in [0.25, 0.3) is 0 Å². The number of benzene rings is 2. The number of carboxylic acids is 1. The molecular weight excluding hydrogens is 398 g/mol. The number of rotatable bonds is 10. The van der Waals surface area contributed by atoms with Gasteiger partial charge in [-0.05, 0) is 22.6 Å². The van der Waals surface area contributed by atoms with Gasteiger partial charge in [-0.15, -0.1) is 0 Å². The van der Waals surface area contributed by atoms with E-state index in [1.165, 1.54) is 4.90 Å². The van der Waals surface area contributed by atoms with Gasteiger partial charge in [0.2, 0.25) is 5.91 Å². The molecule has 2 rings (SSSR count). The number of nitrogens with one attached hydrogen (secondary N) is 1. The second-order valence-corrected chi connectivity index (χ2v) is 7.82. The summed E-state index contributed by atoms with van der Waals surface area (Å²) in [5.41, 5.74) is 8.39. The average Bonchev–Trinajstić information content (AvgIpc) is 2.73. The van der Waals surface area contributed by atoms with Crippen LogP contribution in [-0.2, 0) is 16.0 Å². The minimum atomic E-state index is -1.72. The second-order valence-electron chi connectivity index (χ2n) is 7.82. The van der Waals surface area contributed by atoms with Gasteiger partial charge in [0, 0.05) is 13.0 Å². The number of carbonyl (C=O) groups excluding carboxylic acids is 2.